The van der Waals surface area contributed by atoms with Crippen LogP contribution in [0.1, 0.15) is 31.8 Å². The molecular weight excluding hydrogens is 372 g/mol. The SMILES string of the molecule is O=C1C(=C2C=C(c3ccc(Cl)cc3)Oc3ccccc32)C(=O)c2ccccc21. The van der Waals surface area contributed by atoms with Crippen LogP contribution < -0.4 is 4.74 Å². The van der Waals surface area contributed by atoms with E-state index >= 15 is 0 Å². The van der Waals surface area contributed by atoms with Crippen molar-refractivity contribution >= 4 is 34.5 Å². The Morgan fingerprint density at radius 2 is 1.25 bits per heavy atom. The molecule has 3 aromatic rings. The van der Waals surface area contributed by atoms with Crippen LogP contribution in [0.2, 0.25) is 5.02 Å². The summed E-state index contributed by atoms with van der Waals surface area (Å²) in [6.07, 6.45) is 1.77. The van der Waals surface area contributed by atoms with Gasteiger partial charge < -0.3 is 4.74 Å². The van der Waals surface area contributed by atoms with Crippen LogP contribution in [0.5, 0.6) is 5.75 Å². The van der Waals surface area contributed by atoms with Gasteiger partial charge in [0.05, 0.1) is 5.57 Å². The van der Waals surface area contributed by atoms with Gasteiger partial charge in [-0.3, -0.25) is 9.59 Å². The summed E-state index contributed by atoms with van der Waals surface area (Å²) in [5.41, 5.74) is 3.19. The number of carbonyl (C=O) groups excluding carboxylic acids is 2. The summed E-state index contributed by atoms with van der Waals surface area (Å²) in [6, 6.07) is 21.6. The third-order valence-corrected chi connectivity index (χ3v) is 5.19. The topological polar surface area (TPSA) is 43.4 Å². The molecule has 0 aromatic heterocycles. The number of para-hydroxylation sites is 1. The Kier molecular flexibility index (Phi) is 3.78. The maximum atomic E-state index is 13.0. The van der Waals surface area contributed by atoms with E-state index in [1.807, 2.05) is 36.4 Å². The molecule has 0 N–H and O–H groups in total. The van der Waals surface area contributed by atoms with Gasteiger partial charge in [-0.15, -0.1) is 0 Å². The van der Waals surface area contributed by atoms with E-state index in [9.17, 15) is 9.59 Å². The molecule has 0 amide bonds. The maximum Gasteiger partial charge on any atom is 0.198 e. The quantitative estimate of drug-likeness (QED) is 0.405. The smallest absolute Gasteiger partial charge is 0.198 e. The van der Waals surface area contributed by atoms with E-state index in [1.165, 1.54) is 0 Å². The van der Waals surface area contributed by atoms with Crippen molar-refractivity contribution in [1.29, 1.82) is 0 Å². The van der Waals surface area contributed by atoms with Crippen LogP contribution >= 0.6 is 11.6 Å². The highest BCUT2D eigenvalue weighted by Crippen LogP contribution is 2.41. The minimum atomic E-state index is -0.251. The highest BCUT2D eigenvalue weighted by molar-refractivity contribution is 6.43. The van der Waals surface area contributed by atoms with Crippen molar-refractivity contribution in [3.63, 3.8) is 0 Å². The molecule has 0 spiro atoms. The number of ether oxygens (including phenoxy) is 1. The highest BCUT2D eigenvalue weighted by atomic mass is 35.5. The largest absolute Gasteiger partial charge is 0.456 e. The van der Waals surface area contributed by atoms with Crippen LogP contribution in [0.25, 0.3) is 11.3 Å². The number of benzene rings is 3. The van der Waals surface area contributed by atoms with E-state index in [0.29, 0.717) is 33.2 Å². The Balaban J connectivity index is 1.75. The van der Waals surface area contributed by atoms with E-state index in [1.54, 1.807) is 42.5 Å². The first kappa shape index (κ1) is 16.7. The summed E-state index contributed by atoms with van der Waals surface area (Å²) >= 11 is 5.99. The lowest BCUT2D eigenvalue weighted by molar-refractivity contribution is 0.0990. The van der Waals surface area contributed by atoms with Crippen LogP contribution in [0.4, 0.5) is 0 Å². The molecule has 0 fully saturated rings. The minimum absolute atomic E-state index is 0.184. The zero-order valence-electron chi connectivity index (χ0n) is 14.6. The van der Waals surface area contributed by atoms with Gasteiger partial charge in [-0.1, -0.05) is 54.1 Å². The predicted octanol–water partition coefficient (Wildman–Crippen LogP) is 5.61. The first-order valence-electron chi connectivity index (χ1n) is 8.81. The van der Waals surface area contributed by atoms with E-state index in [0.717, 1.165) is 11.1 Å². The van der Waals surface area contributed by atoms with E-state index in [-0.39, 0.29) is 17.1 Å². The lowest BCUT2D eigenvalue weighted by Gasteiger charge is -2.21. The number of allylic oxidation sites excluding steroid dienone is 3. The van der Waals surface area contributed by atoms with Crippen molar-refractivity contribution in [2.45, 2.75) is 0 Å². The van der Waals surface area contributed by atoms with Crippen molar-refractivity contribution < 1.29 is 14.3 Å². The molecule has 5 rings (SSSR count). The van der Waals surface area contributed by atoms with Crippen molar-refractivity contribution in [3.8, 4) is 5.75 Å². The van der Waals surface area contributed by atoms with E-state index in [4.69, 9.17) is 16.3 Å². The Morgan fingerprint density at radius 1 is 0.679 bits per heavy atom. The zero-order chi connectivity index (χ0) is 19.3. The zero-order valence-corrected chi connectivity index (χ0v) is 15.4. The van der Waals surface area contributed by atoms with Gasteiger partial charge in [0.2, 0.25) is 0 Å². The second kappa shape index (κ2) is 6.32. The molecule has 134 valence electrons. The number of hydrogen-bond acceptors (Lipinski definition) is 3. The molecule has 0 saturated carbocycles. The number of carbonyl (C=O) groups is 2. The van der Waals surface area contributed by atoms with Crippen molar-refractivity contribution in [2.75, 3.05) is 0 Å². The van der Waals surface area contributed by atoms with Crippen LogP contribution in [0.15, 0.2) is 84.4 Å². The highest BCUT2D eigenvalue weighted by Gasteiger charge is 2.36. The molecule has 1 aliphatic heterocycles. The van der Waals surface area contributed by atoms with Gasteiger partial charge >= 0.3 is 0 Å². The number of ketones is 2. The normalized spacial score (nSPS) is 15.1. The summed E-state index contributed by atoms with van der Waals surface area (Å²) in [6.45, 7) is 0. The van der Waals surface area contributed by atoms with Gasteiger partial charge in [0, 0.05) is 32.8 Å². The maximum absolute atomic E-state index is 13.0. The van der Waals surface area contributed by atoms with Crippen LogP contribution in [0.3, 0.4) is 0 Å². The Hall–Kier alpha value is -3.43. The van der Waals surface area contributed by atoms with Gasteiger partial charge in [-0.2, -0.15) is 0 Å². The summed E-state index contributed by atoms with van der Waals surface area (Å²) in [4.78, 5) is 26.1. The standard InChI is InChI=1S/C24H13ClO3/c25-15-11-9-14(10-12-15)21-13-19(16-5-3-4-8-20(16)28-21)22-23(26)17-6-1-2-7-18(17)24(22)27/h1-13H. The van der Waals surface area contributed by atoms with Crippen LogP contribution in [0, 0.1) is 0 Å². The number of halogens is 1. The first-order chi connectivity index (χ1) is 13.6. The molecule has 2 aliphatic rings. The molecule has 0 radical (unpaired) electrons. The van der Waals surface area contributed by atoms with Crippen molar-refractivity contribution in [2.24, 2.45) is 0 Å². The molecular formula is C24H13ClO3. The average molecular weight is 385 g/mol. The number of fused-ring (bicyclic) bond motifs is 2. The molecule has 0 bridgehead atoms. The molecule has 0 saturated heterocycles. The molecule has 0 unspecified atom stereocenters. The van der Waals surface area contributed by atoms with Crippen LogP contribution in [-0.2, 0) is 0 Å². The Labute approximate surface area is 166 Å². The average Bonchev–Trinajstić information content (AvgIpc) is 2.98. The molecule has 0 atom stereocenters. The third kappa shape index (κ3) is 2.52. The van der Waals surface area contributed by atoms with Gasteiger partial charge in [-0.05, 0) is 36.4 Å². The fourth-order valence-electron chi connectivity index (χ4n) is 3.59. The predicted molar refractivity (Wildman–Crippen MR) is 109 cm³/mol. The van der Waals surface area contributed by atoms with Gasteiger partial charge in [0.25, 0.3) is 0 Å². The minimum Gasteiger partial charge on any atom is -0.456 e. The van der Waals surface area contributed by atoms with Gasteiger partial charge in [-0.25, -0.2) is 0 Å². The molecule has 28 heavy (non-hydrogen) atoms. The van der Waals surface area contributed by atoms with E-state index in [2.05, 4.69) is 0 Å². The summed E-state index contributed by atoms with van der Waals surface area (Å²) in [7, 11) is 0. The lowest BCUT2D eigenvalue weighted by atomic mass is 9.93. The molecule has 4 heteroatoms. The Morgan fingerprint density at radius 3 is 1.89 bits per heavy atom. The van der Waals surface area contributed by atoms with Gasteiger partial charge in [0.1, 0.15) is 11.5 Å². The lowest BCUT2D eigenvalue weighted by Crippen LogP contribution is -2.10. The first-order valence-corrected chi connectivity index (χ1v) is 9.19. The second-order valence-corrected chi connectivity index (χ2v) is 7.04. The number of rotatable bonds is 1. The summed E-state index contributed by atoms with van der Waals surface area (Å²) < 4.78 is 6.06. The fraction of sp³-hybridized carbons (Fsp3) is 0. The van der Waals surface area contributed by atoms with Gasteiger partial charge in [0.15, 0.2) is 11.6 Å². The van der Waals surface area contributed by atoms with Crippen molar-refractivity contribution in [1.82, 2.24) is 0 Å². The second-order valence-electron chi connectivity index (χ2n) is 6.61. The molecule has 1 aliphatic carbocycles. The van der Waals surface area contributed by atoms with Crippen molar-refractivity contribution in [3.05, 3.63) is 112 Å². The summed E-state index contributed by atoms with van der Waals surface area (Å²) in [5, 5.41) is 0.621. The number of Topliss-reactive ketones (excluding diaryl/α,β-unsaturated/α-hetero) is 2. The number of hydrogen-bond donors (Lipinski definition) is 0. The molecule has 3 nitrogen and oxygen atoms in total. The van der Waals surface area contributed by atoms with Crippen LogP contribution in [-0.4, -0.2) is 11.6 Å². The third-order valence-electron chi connectivity index (χ3n) is 4.94. The summed E-state index contributed by atoms with van der Waals surface area (Å²) in [5.74, 6) is 0.668. The Bertz CT molecular complexity index is 1180. The van der Waals surface area contributed by atoms with E-state index < -0.39 is 0 Å². The monoisotopic (exact) mass is 384 g/mol. The fourth-order valence-corrected chi connectivity index (χ4v) is 3.72. The molecule has 3 aromatic carbocycles. The molecule has 1 heterocycles.